The summed E-state index contributed by atoms with van der Waals surface area (Å²) in [6, 6.07) is 8.97. The molecule has 26 heavy (non-hydrogen) atoms. The summed E-state index contributed by atoms with van der Waals surface area (Å²) in [5.41, 5.74) is -0.184. The molecule has 0 amide bonds. The van der Waals surface area contributed by atoms with Crippen molar-refractivity contribution >= 4 is 11.9 Å². The molecule has 0 N–H and O–H groups in total. The first-order valence-electron chi connectivity index (χ1n) is 9.78. The highest BCUT2D eigenvalue weighted by Crippen LogP contribution is 2.46. The van der Waals surface area contributed by atoms with Crippen LogP contribution in [0.4, 0.5) is 0 Å². The van der Waals surface area contributed by atoms with Crippen LogP contribution < -0.4 is 0 Å². The molecule has 1 aromatic rings. The van der Waals surface area contributed by atoms with E-state index in [1.165, 1.54) is 0 Å². The van der Waals surface area contributed by atoms with Gasteiger partial charge in [-0.15, -0.1) is 0 Å². The zero-order chi connectivity index (χ0) is 19.2. The van der Waals surface area contributed by atoms with Crippen LogP contribution >= 0.6 is 0 Å². The first kappa shape index (κ1) is 20.5. The summed E-state index contributed by atoms with van der Waals surface area (Å²) in [6.07, 6.45) is 3.52. The van der Waals surface area contributed by atoms with Gasteiger partial charge in [-0.3, -0.25) is 4.79 Å². The van der Waals surface area contributed by atoms with Gasteiger partial charge in [0.05, 0.1) is 12.2 Å². The van der Waals surface area contributed by atoms with E-state index in [1.54, 1.807) is 12.1 Å². The number of benzene rings is 1. The molecule has 2 atom stereocenters. The second-order valence-corrected chi connectivity index (χ2v) is 8.23. The van der Waals surface area contributed by atoms with Gasteiger partial charge in [-0.2, -0.15) is 0 Å². The Labute approximate surface area is 157 Å². The minimum Gasteiger partial charge on any atom is -0.465 e. The quantitative estimate of drug-likeness (QED) is 0.611. The Morgan fingerprint density at radius 3 is 2.42 bits per heavy atom. The van der Waals surface area contributed by atoms with E-state index in [0.717, 1.165) is 19.3 Å². The molecular weight excluding hydrogens is 328 g/mol. The van der Waals surface area contributed by atoms with Crippen LogP contribution in [-0.4, -0.2) is 24.6 Å². The molecule has 2 unspecified atom stereocenters. The summed E-state index contributed by atoms with van der Waals surface area (Å²) in [4.78, 5) is 25.5. The Balaban J connectivity index is 2.17. The summed E-state index contributed by atoms with van der Waals surface area (Å²) in [5.74, 6) is 0.210. The molecule has 1 saturated carbocycles. The Hall–Kier alpha value is -1.84. The maximum atomic E-state index is 13.0. The van der Waals surface area contributed by atoms with Gasteiger partial charge in [-0.1, -0.05) is 45.9 Å². The number of carbonyl (C=O) groups is 2. The third kappa shape index (κ3) is 5.09. The lowest BCUT2D eigenvalue weighted by molar-refractivity contribution is -0.163. The Morgan fingerprint density at radius 2 is 1.81 bits per heavy atom. The van der Waals surface area contributed by atoms with Crippen LogP contribution in [0.3, 0.4) is 0 Å². The molecule has 4 heteroatoms. The summed E-state index contributed by atoms with van der Waals surface area (Å²) in [7, 11) is 0. The number of hydrogen-bond donors (Lipinski definition) is 0. The smallest absolute Gasteiger partial charge is 0.338 e. The molecule has 0 bridgehead atoms. The van der Waals surface area contributed by atoms with E-state index in [2.05, 4.69) is 13.8 Å². The molecule has 0 spiro atoms. The minimum atomic E-state index is -0.705. The number of hydrogen-bond acceptors (Lipinski definition) is 4. The van der Waals surface area contributed by atoms with Crippen molar-refractivity contribution < 1.29 is 19.1 Å². The summed E-state index contributed by atoms with van der Waals surface area (Å²) in [5, 5.41) is 0. The fraction of sp³-hybridized carbons (Fsp3) is 0.636. The second kappa shape index (κ2) is 9.20. The highest BCUT2D eigenvalue weighted by Gasteiger charge is 2.52. The monoisotopic (exact) mass is 360 g/mol. The van der Waals surface area contributed by atoms with Crippen molar-refractivity contribution in [3.63, 3.8) is 0 Å². The fourth-order valence-corrected chi connectivity index (χ4v) is 3.54. The van der Waals surface area contributed by atoms with Gasteiger partial charge in [-0.05, 0) is 56.1 Å². The molecule has 0 aliphatic heterocycles. The Kier molecular flexibility index (Phi) is 7.24. The van der Waals surface area contributed by atoms with E-state index in [4.69, 9.17) is 9.47 Å². The first-order valence-corrected chi connectivity index (χ1v) is 9.78. The Bertz CT molecular complexity index is 593. The van der Waals surface area contributed by atoms with Crippen molar-refractivity contribution in [2.75, 3.05) is 6.61 Å². The van der Waals surface area contributed by atoms with E-state index in [0.29, 0.717) is 30.9 Å². The van der Waals surface area contributed by atoms with Crippen LogP contribution in [0.2, 0.25) is 0 Å². The van der Waals surface area contributed by atoms with Gasteiger partial charge in [0.2, 0.25) is 0 Å². The van der Waals surface area contributed by atoms with Crippen molar-refractivity contribution in [3.8, 4) is 0 Å². The maximum absolute atomic E-state index is 13.0. The van der Waals surface area contributed by atoms with Gasteiger partial charge >= 0.3 is 11.9 Å². The SMILES string of the molecule is CC(C)CCC1(C(=O)OCC(C)C)CCCC1OC(=O)c1ccccc1. The minimum absolute atomic E-state index is 0.199. The number of carbonyl (C=O) groups excluding carboxylic acids is 2. The highest BCUT2D eigenvalue weighted by molar-refractivity contribution is 5.90. The zero-order valence-corrected chi connectivity index (χ0v) is 16.5. The Morgan fingerprint density at radius 1 is 1.12 bits per heavy atom. The van der Waals surface area contributed by atoms with E-state index < -0.39 is 11.5 Å². The lowest BCUT2D eigenvalue weighted by atomic mass is 9.78. The number of esters is 2. The topological polar surface area (TPSA) is 52.6 Å². The molecule has 1 aliphatic rings. The standard InChI is InChI=1S/C22H32O4/c1-16(2)12-14-22(21(24)25-15-17(3)4)13-8-11-19(22)26-20(23)18-9-6-5-7-10-18/h5-7,9-10,16-17,19H,8,11-15H2,1-4H3. The first-order chi connectivity index (χ1) is 12.3. The van der Waals surface area contributed by atoms with Crippen LogP contribution in [-0.2, 0) is 14.3 Å². The second-order valence-electron chi connectivity index (χ2n) is 8.23. The molecule has 0 heterocycles. The molecule has 1 fully saturated rings. The molecule has 1 aromatic carbocycles. The van der Waals surface area contributed by atoms with Crippen molar-refractivity contribution in [2.45, 2.75) is 65.9 Å². The van der Waals surface area contributed by atoms with E-state index in [1.807, 2.05) is 32.0 Å². The van der Waals surface area contributed by atoms with Crippen molar-refractivity contribution in [1.29, 1.82) is 0 Å². The average molecular weight is 360 g/mol. The molecule has 1 aliphatic carbocycles. The molecule has 0 aromatic heterocycles. The fourth-order valence-electron chi connectivity index (χ4n) is 3.54. The molecule has 4 nitrogen and oxygen atoms in total. The molecular formula is C22H32O4. The number of ether oxygens (including phenoxy) is 2. The zero-order valence-electron chi connectivity index (χ0n) is 16.5. The van der Waals surface area contributed by atoms with E-state index in [-0.39, 0.29) is 17.9 Å². The van der Waals surface area contributed by atoms with Crippen LogP contribution in [0.1, 0.15) is 70.2 Å². The van der Waals surface area contributed by atoms with Gasteiger partial charge in [0, 0.05) is 0 Å². The van der Waals surface area contributed by atoms with Gasteiger partial charge in [-0.25, -0.2) is 4.79 Å². The van der Waals surface area contributed by atoms with Crippen LogP contribution in [0.5, 0.6) is 0 Å². The van der Waals surface area contributed by atoms with Crippen LogP contribution in [0, 0.1) is 17.3 Å². The lowest BCUT2D eigenvalue weighted by Gasteiger charge is -2.33. The summed E-state index contributed by atoms with van der Waals surface area (Å²) in [6.45, 7) is 8.74. The predicted molar refractivity (Wildman–Crippen MR) is 102 cm³/mol. The lowest BCUT2D eigenvalue weighted by Crippen LogP contribution is -2.43. The van der Waals surface area contributed by atoms with Gasteiger partial charge in [0.1, 0.15) is 11.5 Å². The number of rotatable bonds is 8. The van der Waals surface area contributed by atoms with Crippen molar-refractivity contribution in [2.24, 2.45) is 17.3 Å². The molecule has 144 valence electrons. The molecule has 0 radical (unpaired) electrons. The molecule has 2 rings (SSSR count). The van der Waals surface area contributed by atoms with E-state index in [9.17, 15) is 9.59 Å². The third-order valence-corrected chi connectivity index (χ3v) is 5.09. The van der Waals surface area contributed by atoms with Crippen LogP contribution in [0.25, 0.3) is 0 Å². The predicted octanol–water partition coefficient (Wildman–Crippen LogP) is 5.02. The third-order valence-electron chi connectivity index (χ3n) is 5.09. The van der Waals surface area contributed by atoms with E-state index >= 15 is 0 Å². The van der Waals surface area contributed by atoms with Crippen molar-refractivity contribution in [1.82, 2.24) is 0 Å². The summed E-state index contributed by atoms with van der Waals surface area (Å²) < 4.78 is 11.4. The van der Waals surface area contributed by atoms with Gasteiger partial charge < -0.3 is 9.47 Å². The summed E-state index contributed by atoms with van der Waals surface area (Å²) >= 11 is 0. The average Bonchev–Trinajstić information content (AvgIpc) is 3.02. The van der Waals surface area contributed by atoms with Crippen molar-refractivity contribution in [3.05, 3.63) is 35.9 Å². The maximum Gasteiger partial charge on any atom is 0.338 e. The highest BCUT2D eigenvalue weighted by atomic mass is 16.6. The molecule has 0 saturated heterocycles. The van der Waals surface area contributed by atoms with Gasteiger partial charge in [0.15, 0.2) is 0 Å². The van der Waals surface area contributed by atoms with Gasteiger partial charge in [0.25, 0.3) is 0 Å². The normalized spacial score (nSPS) is 22.6. The van der Waals surface area contributed by atoms with Crippen LogP contribution in [0.15, 0.2) is 30.3 Å². The largest absolute Gasteiger partial charge is 0.465 e.